The largest absolute Gasteiger partial charge is 0.399 e. The lowest BCUT2D eigenvalue weighted by Gasteiger charge is -2.29. The van der Waals surface area contributed by atoms with E-state index >= 15 is 0 Å². The number of hydrogen-bond acceptors (Lipinski definition) is 5. The molecule has 3 N–H and O–H groups in total. The molecule has 0 radical (unpaired) electrons. The number of hydrogen-bond donors (Lipinski definition) is 2. The molecule has 1 aromatic heterocycles. The van der Waals surface area contributed by atoms with Crippen LogP contribution < -0.4 is 16.0 Å². The molecule has 138 valence electrons. The van der Waals surface area contributed by atoms with Crippen molar-refractivity contribution in [1.29, 1.82) is 0 Å². The van der Waals surface area contributed by atoms with Crippen LogP contribution in [0.5, 0.6) is 0 Å². The van der Waals surface area contributed by atoms with Crippen LogP contribution in [0.25, 0.3) is 11.3 Å². The Bertz CT molecular complexity index is 920. The van der Waals surface area contributed by atoms with E-state index in [1.54, 1.807) is 6.20 Å². The molecule has 0 atom stereocenters. The van der Waals surface area contributed by atoms with Gasteiger partial charge in [0.2, 0.25) is 5.95 Å². The number of nitrogens with two attached hydrogens (primary N) is 1. The number of halogens is 1. The van der Waals surface area contributed by atoms with Gasteiger partial charge in [0.15, 0.2) is 0 Å². The third kappa shape index (κ3) is 4.39. The van der Waals surface area contributed by atoms with Crippen molar-refractivity contribution in [3.05, 3.63) is 59.2 Å². The highest BCUT2D eigenvalue weighted by Gasteiger charge is 2.13. The SMILES string of the molecule is Nc1cc(-c2ccnc(Nc3ccc(Br)cc3)n2)cc(N2CCCCC2)c1. The van der Waals surface area contributed by atoms with Crippen molar-refractivity contribution in [2.24, 2.45) is 0 Å². The third-order valence-corrected chi connectivity index (χ3v) is 5.24. The summed E-state index contributed by atoms with van der Waals surface area (Å²) in [7, 11) is 0. The summed E-state index contributed by atoms with van der Waals surface area (Å²) in [5.74, 6) is 0.566. The van der Waals surface area contributed by atoms with Crippen LogP contribution in [0.4, 0.5) is 23.0 Å². The molecule has 1 aliphatic rings. The first kappa shape index (κ1) is 17.8. The maximum Gasteiger partial charge on any atom is 0.227 e. The Kier molecular flexibility index (Phi) is 5.25. The lowest BCUT2D eigenvalue weighted by atomic mass is 10.1. The maximum absolute atomic E-state index is 6.19. The van der Waals surface area contributed by atoms with E-state index in [0.717, 1.165) is 40.2 Å². The summed E-state index contributed by atoms with van der Waals surface area (Å²) in [6, 6.07) is 16.0. The van der Waals surface area contributed by atoms with Crippen molar-refractivity contribution in [1.82, 2.24) is 9.97 Å². The van der Waals surface area contributed by atoms with E-state index in [2.05, 4.69) is 48.2 Å². The number of aromatic nitrogens is 2. The molecule has 2 aromatic carbocycles. The Morgan fingerprint density at radius 2 is 1.74 bits per heavy atom. The Morgan fingerprint density at radius 1 is 0.963 bits per heavy atom. The molecule has 0 saturated carbocycles. The van der Waals surface area contributed by atoms with E-state index in [4.69, 9.17) is 5.73 Å². The zero-order valence-electron chi connectivity index (χ0n) is 15.0. The minimum Gasteiger partial charge on any atom is -0.399 e. The predicted octanol–water partition coefficient (Wildman–Crippen LogP) is 5.22. The van der Waals surface area contributed by atoms with Crippen LogP contribution in [0.15, 0.2) is 59.2 Å². The molecule has 2 heterocycles. The van der Waals surface area contributed by atoms with Gasteiger partial charge in [0.05, 0.1) is 5.69 Å². The summed E-state index contributed by atoms with van der Waals surface area (Å²) in [5.41, 5.74) is 10.9. The molecule has 1 fully saturated rings. The van der Waals surface area contributed by atoms with E-state index in [-0.39, 0.29) is 0 Å². The van der Waals surface area contributed by atoms with Crippen LogP contribution in [0, 0.1) is 0 Å². The zero-order valence-corrected chi connectivity index (χ0v) is 16.6. The Balaban J connectivity index is 1.61. The molecule has 3 aromatic rings. The van der Waals surface area contributed by atoms with Crippen molar-refractivity contribution in [3.8, 4) is 11.3 Å². The van der Waals surface area contributed by atoms with Crippen LogP contribution in [-0.2, 0) is 0 Å². The second kappa shape index (κ2) is 7.96. The molecule has 0 amide bonds. The number of benzene rings is 2. The van der Waals surface area contributed by atoms with Gasteiger partial charge in [-0.1, -0.05) is 15.9 Å². The van der Waals surface area contributed by atoms with E-state index in [1.807, 2.05) is 36.4 Å². The van der Waals surface area contributed by atoms with Gasteiger partial charge in [-0.05, 0) is 67.8 Å². The molecular weight excluding hydrogens is 402 g/mol. The van der Waals surface area contributed by atoms with Crippen LogP contribution >= 0.6 is 15.9 Å². The van der Waals surface area contributed by atoms with Gasteiger partial charge >= 0.3 is 0 Å². The average Bonchev–Trinajstić information content (AvgIpc) is 2.70. The summed E-state index contributed by atoms with van der Waals surface area (Å²) < 4.78 is 1.03. The van der Waals surface area contributed by atoms with Crippen molar-refractivity contribution in [2.45, 2.75) is 19.3 Å². The van der Waals surface area contributed by atoms with Gasteiger partial charge in [-0.25, -0.2) is 9.97 Å². The number of nitrogens with one attached hydrogen (secondary N) is 1. The minimum absolute atomic E-state index is 0.566. The number of nitrogen functional groups attached to an aromatic ring is 1. The third-order valence-electron chi connectivity index (χ3n) is 4.71. The van der Waals surface area contributed by atoms with Crippen LogP contribution in [0.2, 0.25) is 0 Å². The minimum atomic E-state index is 0.566. The molecule has 4 rings (SSSR count). The molecule has 0 aliphatic carbocycles. The fourth-order valence-electron chi connectivity index (χ4n) is 3.36. The molecule has 27 heavy (non-hydrogen) atoms. The molecule has 1 aliphatic heterocycles. The molecule has 0 spiro atoms. The van der Waals surface area contributed by atoms with E-state index in [9.17, 15) is 0 Å². The highest BCUT2D eigenvalue weighted by Crippen LogP contribution is 2.29. The molecule has 1 saturated heterocycles. The van der Waals surface area contributed by atoms with E-state index in [1.165, 1.54) is 24.9 Å². The monoisotopic (exact) mass is 423 g/mol. The first-order valence-electron chi connectivity index (χ1n) is 9.19. The predicted molar refractivity (Wildman–Crippen MR) is 115 cm³/mol. The fourth-order valence-corrected chi connectivity index (χ4v) is 3.62. The number of nitrogens with zero attached hydrogens (tertiary/aromatic N) is 3. The van der Waals surface area contributed by atoms with Crippen LogP contribution in [0.3, 0.4) is 0 Å². The van der Waals surface area contributed by atoms with E-state index in [0.29, 0.717) is 5.95 Å². The first-order chi connectivity index (χ1) is 13.2. The smallest absolute Gasteiger partial charge is 0.227 e. The Labute approximate surface area is 167 Å². The quantitative estimate of drug-likeness (QED) is 0.562. The summed E-state index contributed by atoms with van der Waals surface area (Å²) in [4.78, 5) is 11.4. The Hall–Kier alpha value is -2.60. The van der Waals surface area contributed by atoms with Gasteiger partial charge in [0.25, 0.3) is 0 Å². The number of anilines is 4. The average molecular weight is 424 g/mol. The van der Waals surface area contributed by atoms with Gasteiger partial charge in [0, 0.05) is 46.4 Å². The lowest BCUT2D eigenvalue weighted by Crippen LogP contribution is -2.29. The first-order valence-corrected chi connectivity index (χ1v) is 9.98. The van der Waals surface area contributed by atoms with Crippen molar-refractivity contribution in [2.75, 3.05) is 29.0 Å². The molecule has 6 heteroatoms. The number of piperidine rings is 1. The lowest BCUT2D eigenvalue weighted by molar-refractivity contribution is 0.578. The fraction of sp³-hybridized carbons (Fsp3) is 0.238. The summed E-state index contributed by atoms with van der Waals surface area (Å²) in [6.07, 6.45) is 5.55. The highest BCUT2D eigenvalue weighted by molar-refractivity contribution is 9.10. The van der Waals surface area contributed by atoms with Crippen LogP contribution in [-0.4, -0.2) is 23.1 Å². The van der Waals surface area contributed by atoms with Gasteiger partial charge in [-0.2, -0.15) is 0 Å². The second-order valence-electron chi connectivity index (χ2n) is 6.76. The van der Waals surface area contributed by atoms with Gasteiger partial charge < -0.3 is 16.0 Å². The highest BCUT2D eigenvalue weighted by atomic mass is 79.9. The molecule has 5 nitrogen and oxygen atoms in total. The van der Waals surface area contributed by atoms with Crippen molar-refractivity contribution < 1.29 is 0 Å². The summed E-state index contributed by atoms with van der Waals surface area (Å²) >= 11 is 3.44. The van der Waals surface area contributed by atoms with Gasteiger partial charge in [-0.3, -0.25) is 0 Å². The standard InChI is InChI=1S/C21H22BrN5/c22-16-4-6-18(7-5-16)25-21-24-9-8-20(26-21)15-12-17(23)14-19(13-15)27-10-2-1-3-11-27/h4-9,12-14H,1-3,10-11,23H2,(H,24,25,26). The molecular formula is C21H22BrN5. The summed E-state index contributed by atoms with van der Waals surface area (Å²) in [5, 5.41) is 3.25. The van der Waals surface area contributed by atoms with Crippen molar-refractivity contribution >= 4 is 38.9 Å². The van der Waals surface area contributed by atoms with Crippen molar-refractivity contribution in [3.63, 3.8) is 0 Å². The Morgan fingerprint density at radius 3 is 2.52 bits per heavy atom. The summed E-state index contributed by atoms with van der Waals surface area (Å²) in [6.45, 7) is 2.17. The topological polar surface area (TPSA) is 67.1 Å². The van der Waals surface area contributed by atoms with Gasteiger partial charge in [0.1, 0.15) is 0 Å². The normalized spacial score (nSPS) is 14.2. The van der Waals surface area contributed by atoms with Crippen LogP contribution in [0.1, 0.15) is 19.3 Å². The maximum atomic E-state index is 6.19. The van der Waals surface area contributed by atoms with E-state index < -0.39 is 0 Å². The van der Waals surface area contributed by atoms with Gasteiger partial charge in [-0.15, -0.1) is 0 Å². The number of rotatable bonds is 4. The second-order valence-corrected chi connectivity index (χ2v) is 7.67. The zero-order chi connectivity index (χ0) is 18.6. The molecule has 0 bridgehead atoms. The molecule has 0 unspecified atom stereocenters.